The minimum atomic E-state index is -0.817. The molecule has 0 saturated carbocycles. The summed E-state index contributed by atoms with van der Waals surface area (Å²) in [6, 6.07) is 6.53. The van der Waals surface area contributed by atoms with Crippen LogP contribution in [0.3, 0.4) is 0 Å². The van der Waals surface area contributed by atoms with Crippen molar-refractivity contribution in [1.29, 1.82) is 0 Å². The van der Waals surface area contributed by atoms with Gasteiger partial charge in [-0.25, -0.2) is 0 Å². The first-order chi connectivity index (χ1) is 9.56. The number of carbonyl (C=O) groups is 3. The Morgan fingerprint density at radius 2 is 2.05 bits per heavy atom. The average molecular weight is 479 g/mol. The molecule has 0 unspecified atom stereocenters. The van der Waals surface area contributed by atoms with Crippen molar-refractivity contribution in [1.82, 2.24) is 5.32 Å². The molecule has 1 aliphatic rings. The monoisotopic (exact) mass is 478 g/mol. The van der Waals surface area contributed by atoms with E-state index < -0.39 is 17.9 Å². The van der Waals surface area contributed by atoms with Crippen LogP contribution >= 0.6 is 11.6 Å². The second kappa shape index (κ2) is 9.69. The first-order valence-corrected chi connectivity index (χ1v) is 6.71. The summed E-state index contributed by atoms with van der Waals surface area (Å²) in [5.41, 5.74) is 0.201. The van der Waals surface area contributed by atoms with Crippen molar-refractivity contribution in [3.8, 4) is 0 Å². The van der Waals surface area contributed by atoms with E-state index in [0.717, 1.165) is 0 Å². The van der Waals surface area contributed by atoms with Gasteiger partial charge in [0.25, 0.3) is 0 Å². The van der Waals surface area contributed by atoms with Crippen molar-refractivity contribution in [2.45, 2.75) is 32.7 Å². The zero-order chi connectivity index (χ0) is 15.1. The van der Waals surface area contributed by atoms with Crippen LogP contribution < -0.4 is 5.32 Å². The summed E-state index contributed by atoms with van der Waals surface area (Å²) in [5, 5.41) is 6.21. The smallest absolute Gasteiger partial charge is 0.684 e. The largest absolute Gasteiger partial charge is 2.00 e. The molecule has 3 amide bonds. The number of imide groups is 1. The van der Waals surface area contributed by atoms with Gasteiger partial charge < -0.3 is 10.1 Å². The molecule has 0 radical (unpaired) electrons. The maximum absolute atomic E-state index is 11.8. The molecule has 112 valence electrons. The first kappa shape index (κ1) is 19.8. The third kappa shape index (κ3) is 5.98. The standard InChI is InChI=1S/C12H10ClN2O3.C2H6.W/c13-8-3-1-2-7(6-8)11(17)14-9-4-5-10(16)15-12(9)18;1-2;/h1-3,9H,4-5H2,(H2,14,15,16,17,18);1-2H3;/q-1;;+2/p-1/t9-;;/m1../s1. The van der Waals surface area contributed by atoms with Crippen LogP contribution in [0.1, 0.15) is 37.0 Å². The van der Waals surface area contributed by atoms with Crippen LogP contribution in [0.15, 0.2) is 18.2 Å². The van der Waals surface area contributed by atoms with Gasteiger partial charge in [0.1, 0.15) is 0 Å². The summed E-state index contributed by atoms with van der Waals surface area (Å²) in [6.07, 6.45) is 0.434. The van der Waals surface area contributed by atoms with E-state index in [1.54, 1.807) is 12.1 Å². The summed E-state index contributed by atoms with van der Waals surface area (Å²) in [5.74, 6) is -1.44. The molecule has 7 heteroatoms. The fourth-order valence-electron chi connectivity index (χ4n) is 1.58. The van der Waals surface area contributed by atoms with E-state index in [1.807, 2.05) is 13.8 Å². The fourth-order valence-corrected chi connectivity index (χ4v) is 1.76. The van der Waals surface area contributed by atoms with Crippen molar-refractivity contribution in [3.05, 3.63) is 40.2 Å². The fraction of sp³-hybridized carbons (Fsp3) is 0.357. The summed E-state index contributed by atoms with van der Waals surface area (Å²) in [7, 11) is 0. The van der Waals surface area contributed by atoms with Crippen LogP contribution in [-0.4, -0.2) is 23.8 Å². The third-order valence-corrected chi connectivity index (χ3v) is 2.69. The molecule has 1 saturated heterocycles. The van der Waals surface area contributed by atoms with Gasteiger partial charge in [-0.1, -0.05) is 13.8 Å². The Morgan fingerprint density at radius 1 is 1.38 bits per heavy atom. The number of halogens is 1. The summed E-state index contributed by atoms with van der Waals surface area (Å²) in [6.45, 7) is 4.00. The van der Waals surface area contributed by atoms with Crippen molar-refractivity contribution in [3.63, 3.8) is 0 Å². The topological polar surface area (TPSA) is 77.3 Å². The molecule has 1 aliphatic heterocycles. The minimum absolute atomic E-state index is 0. The zero-order valence-corrected chi connectivity index (χ0v) is 15.4. The second-order valence-electron chi connectivity index (χ2n) is 3.81. The zero-order valence-electron chi connectivity index (χ0n) is 11.7. The molecule has 5 nitrogen and oxygen atoms in total. The van der Waals surface area contributed by atoms with Gasteiger partial charge in [-0.2, -0.15) is 0 Å². The molecule has 0 aromatic heterocycles. The van der Waals surface area contributed by atoms with Crippen LogP contribution in [0.4, 0.5) is 0 Å². The maximum atomic E-state index is 11.8. The van der Waals surface area contributed by atoms with Crippen molar-refractivity contribution in [2.24, 2.45) is 0 Å². The van der Waals surface area contributed by atoms with Crippen molar-refractivity contribution >= 4 is 29.3 Å². The Labute approximate surface area is 143 Å². The Kier molecular flexibility index (Phi) is 9.14. The third-order valence-electron chi connectivity index (χ3n) is 2.47. The SMILES string of the molecule is CC.O=C1CC[C@@H]([N-]C(=O)c2[c-]c(Cl)ccc2)C(=O)N1.[W+2]. The Bertz CT molecular complexity index is 523. The van der Waals surface area contributed by atoms with E-state index in [2.05, 4.69) is 16.7 Å². The number of rotatable bonds is 2. The minimum Gasteiger partial charge on any atom is -0.684 e. The van der Waals surface area contributed by atoms with E-state index in [9.17, 15) is 14.4 Å². The van der Waals surface area contributed by atoms with Gasteiger partial charge in [0.15, 0.2) is 0 Å². The molecule has 1 aromatic rings. The molecular formula is C14H15ClN2O3W. The summed E-state index contributed by atoms with van der Waals surface area (Å²) >= 11 is 5.71. The van der Waals surface area contributed by atoms with Crippen molar-refractivity contribution in [2.75, 3.05) is 0 Å². The van der Waals surface area contributed by atoms with Crippen LogP contribution in [0.25, 0.3) is 5.32 Å². The number of amides is 3. The number of hydrogen-bond acceptors (Lipinski definition) is 3. The van der Waals surface area contributed by atoms with Gasteiger partial charge in [0, 0.05) is 6.42 Å². The van der Waals surface area contributed by atoms with E-state index in [1.165, 1.54) is 6.07 Å². The van der Waals surface area contributed by atoms with Gasteiger partial charge in [0.2, 0.25) is 11.8 Å². The molecular weight excluding hydrogens is 463 g/mol. The Hall–Kier alpha value is -1.19. The Morgan fingerprint density at radius 3 is 2.62 bits per heavy atom. The van der Waals surface area contributed by atoms with Gasteiger partial charge in [0.05, 0.1) is 0 Å². The van der Waals surface area contributed by atoms with Gasteiger partial charge in [-0.05, 0) is 23.4 Å². The molecule has 1 N–H and O–H groups in total. The number of hydrogen-bond donors (Lipinski definition) is 1. The predicted octanol–water partition coefficient (Wildman–Crippen LogP) is 2.48. The molecule has 1 atom stereocenters. The number of benzene rings is 1. The van der Waals surface area contributed by atoms with E-state index >= 15 is 0 Å². The molecule has 0 spiro atoms. The van der Waals surface area contributed by atoms with Crippen molar-refractivity contribution < 1.29 is 35.4 Å². The quantitative estimate of drug-likeness (QED) is 0.524. The average Bonchev–Trinajstić information content (AvgIpc) is 2.44. The van der Waals surface area contributed by atoms with E-state index in [0.29, 0.717) is 5.02 Å². The molecule has 1 aromatic carbocycles. The van der Waals surface area contributed by atoms with Gasteiger partial charge >= 0.3 is 21.1 Å². The second-order valence-corrected chi connectivity index (χ2v) is 4.22. The molecule has 0 bridgehead atoms. The molecule has 1 fully saturated rings. The van der Waals surface area contributed by atoms with Crippen LogP contribution in [0, 0.1) is 6.07 Å². The van der Waals surface area contributed by atoms with Crippen LogP contribution in [-0.2, 0) is 30.7 Å². The number of carbonyl (C=O) groups excluding carboxylic acids is 3. The predicted molar refractivity (Wildman–Crippen MR) is 75.5 cm³/mol. The maximum Gasteiger partial charge on any atom is 2.00 e. The Balaban J connectivity index is 0.00000128. The summed E-state index contributed by atoms with van der Waals surface area (Å²) < 4.78 is 0. The normalized spacial score (nSPS) is 16.8. The molecule has 21 heavy (non-hydrogen) atoms. The first-order valence-electron chi connectivity index (χ1n) is 6.33. The number of nitrogens with one attached hydrogen (secondary N) is 1. The molecule has 2 rings (SSSR count). The van der Waals surface area contributed by atoms with Gasteiger partial charge in [-0.15, -0.1) is 41.4 Å². The van der Waals surface area contributed by atoms with E-state index in [4.69, 9.17) is 11.6 Å². The van der Waals surface area contributed by atoms with Crippen LogP contribution in [0.5, 0.6) is 0 Å². The molecule has 0 aliphatic carbocycles. The number of piperidine rings is 1. The van der Waals surface area contributed by atoms with E-state index in [-0.39, 0.29) is 45.4 Å². The summed E-state index contributed by atoms with van der Waals surface area (Å²) in [4.78, 5) is 34.1. The number of nitrogens with zero attached hydrogens (tertiary/aromatic N) is 1. The van der Waals surface area contributed by atoms with Crippen LogP contribution in [0.2, 0.25) is 5.02 Å². The van der Waals surface area contributed by atoms with Gasteiger partial charge in [-0.3, -0.25) is 14.9 Å². The molecule has 1 heterocycles.